The Kier molecular flexibility index (Phi) is 6.47. The summed E-state index contributed by atoms with van der Waals surface area (Å²) in [6.07, 6.45) is 0. The quantitative estimate of drug-likeness (QED) is 0.862. The summed E-state index contributed by atoms with van der Waals surface area (Å²) in [6, 6.07) is 8.18. The number of rotatable bonds is 5. The van der Waals surface area contributed by atoms with Gasteiger partial charge in [-0.1, -0.05) is 17.7 Å². The summed E-state index contributed by atoms with van der Waals surface area (Å²) in [6.45, 7) is 7.72. The molecule has 1 aliphatic heterocycles. The molecule has 2 unspecified atom stereocenters. The summed E-state index contributed by atoms with van der Waals surface area (Å²) in [7, 11) is 0. The van der Waals surface area contributed by atoms with Crippen LogP contribution in [0.4, 0.5) is 5.69 Å². The Morgan fingerprint density at radius 2 is 1.96 bits per heavy atom. The largest absolute Gasteiger partial charge is 0.336 e. The summed E-state index contributed by atoms with van der Waals surface area (Å²) >= 11 is 1.37. The molecule has 0 radical (unpaired) electrons. The van der Waals surface area contributed by atoms with E-state index in [1.54, 1.807) is 0 Å². The minimum atomic E-state index is -0.0756. The first-order chi connectivity index (χ1) is 11.0. The van der Waals surface area contributed by atoms with Gasteiger partial charge in [-0.3, -0.25) is 9.59 Å². The summed E-state index contributed by atoms with van der Waals surface area (Å²) < 4.78 is 0. The van der Waals surface area contributed by atoms with Crippen LogP contribution in [0.25, 0.3) is 0 Å². The molecule has 1 saturated heterocycles. The number of thioether (sulfide) groups is 1. The van der Waals surface area contributed by atoms with Crippen LogP contribution in [-0.4, -0.2) is 53.4 Å². The first-order valence-corrected chi connectivity index (χ1v) is 9.10. The molecule has 2 N–H and O–H groups in total. The molecular weight excluding hydrogens is 310 g/mol. The number of amides is 2. The van der Waals surface area contributed by atoms with Crippen LogP contribution in [0, 0.1) is 6.92 Å². The molecule has 1 aliphatic rings. The second kappa shape index (κ2) is 8.36. The van der Waals surface area contributed by atoms with Crippen LogP contribution < -0.4 is 10.6 Å². The fourth-order valence-corrected chi connectivity index (χ4v) is 3.26. The number of carbonyl (C=O) groups excluding carboxylic acids is 2. The highest BCUT2D eigenvalue weighted by atomic mass is 32.2. The van der Waals surface area contributed by atoms with Gasteiger partial charge in [0, 0.05) is 30.9 Å². The number of aryl methyl sites for hydroxylation is 1. The lowest BCUT2D eigenvalue weighted by atomic mass is 10.1. The van der Waals surface area contributed by atoms with Crippen LogP contribution in [-0.2, 0) is 9.59 Å². The number of nitrogens with zero attached hydrogens (tertiary/aromatic N) is 1. The topological polar surface area (TPSA) is 61.4 Å². The maximum Gasteiger partial charge on any atom is 0.234 e. The molecule has 2 atom stereocenters. The van der Waals surface area contributed by atoms with Gasteiger partial charge in [-0.25, -0.2) is 0 Å². The van der Waals surface area contributed by atoms with Gasteiger partial charge in [-0.15, -0.1) is 11.8 Å². The smallest absolute Gasteiger partial charge is 0.234 e. The number of benzene rings is 1. The van der Waals surface area contributed by atoms with E-state index in [4.69, 9.17) is 0 Å². The molecule has 5 nitrogen and oxygen atoms in total. The lowest BCUT2D eigenvalue weighted by Crippen LogP contribution is -2.57. The highest BCUT2D eigenvalue weighted by molar-refractivity contribution is 8.00. The summed E-state index contributed by atoms with van der Waals surface area (Å²) in [4.78, 5) is 26.1. The minimum Gasteiger partial charge on any atom is -0.336 e. The van der Waals surface area contributed by atoms with Crippen molar-refractivity contribution in [2.75, 3.05) is 29.9 Å². The Labute approximate surface area is 142 Å². The van der Waals surface area contributed by atoms with E-state index in [1.807, 2.05) is 36.1 Å². The number of anilines is 1. The van der Waals surface area contributed by atoms with E-state index in [0.29, 0.717) is 11.8 Å². The molecule has 0 saturated carbocycles. The van der Waals surface area contributed by atoms with E-state index >= 15 is 0 Å². The van der Waals surface area contributed by atoms with Crippen molar-refractivity contribution in [3.05, 3.63) is 29.8 Å². The number of carbonyl (C=O) groups is 2. The molecule has 1 aromatic carbocycles. The van der Waals surface area contributed by atoms with Gasteiger partial charge in [0.2, 0.25) is 11.8 Å². The SMILES string of the molecule is Cc1ccc(NC(=O)CSCC(=O)N2CCNC(C)C2C)cc1. The molecule has 1 heterocycles. The molecule has 6 heteroatoms. The van der Waals surface area contributed by atoms with E-state index < -0.39 is 0 Å². The third-order valence-electron chi connectivity index (χ3n) is 4.15. The number of hydrogen-bond donors (Lipinski definition) is 2. The van der Waals surface area contributed by atoms with Crippen LogP contribution in [0.15, 0.2) is 24.3 Å². The van der Waals surface area contributed by atoms with Crippen molar-refractivity contribution in [1.29, 1.82) is 0 Å². The van der Waals surface area contributed by atoms with Crippen molar-refractivity contribution >= 4 is 29.3 Å². The lowest BCUT2D eigenvalue weighted by molar-refractivity contribution is -0.131. The zero-order valence-corrected chi connectivity index (χ0v) is 14.8. The van der Waals surface area contributed by atoms with Gasteiger partial charge in [0.25, 0.3) is 0 Å². The third-order valence-corrected chi connectivity index (χ3v) is 5.07. The molecule has 2 rings (SSSR count). The lowest BCUT2D eigenvalue weighted by Gasteiger charge is -2.38. The van der Waals surface area contributed by atoms with Crippen molar-refractivity contribution in [3.63, 3.8) is 0 Å². The molecule has 0 spiro atoms. The second-order valence-electron chi connectivity index (χ2n) is 5.98. The van der Waals surface area contributed by atoms with Crippen molar-refractivity contribution in [2.24, 2.45) is 0 Å². The van der Waals surface area contributed by atoms with Gasteiger partial charge < -0.3 is 15.5 Å². The highest BCUT2D eigenvalue weighted by Crippen LogP contribution is 2.13. The maximum absolute atomic E-state index is 12.3. The molecule has 23 heavy (non-hydrogen) atoms. The first-order valence-electron chi connectivity index (χ1n) is 7.94. The Morgan fingerprint density at radius 3 is 2.65 bits per heavy atom. The second-order valence-corrected chi connectivity index (χ2v) is 6.96. The van der Waals surface area contributed by atoms with Crippen LogP contribution in [0.3, 0.4) is 0 Å². The average molecular weight is 335 g/mol. The Balaban J connectivity index is 1.72. The molecule has 0 aromatic heterocycles. The van der Waals surface area contributed by atoms with Gasteiger partial charge in [0.15, 0.2) is 0 Å². The van der Waals surface area contributed by atoms with Crippen molar-refractivity contribution in [1.82, 2.24) is 10.2 Å². The van der Waals surface area contributed by atoms with Crippen LogP contribution in [0.2, 0.25) is 0 Å². The van der Waals surface area contributed by atoms with E-state index in [1.165, 1.54) is 11.8 Å². The van der Waals surface area contributed by atoms with Gasteiger partial charge in [-0.05, 0) is 32.9 Å². The Morgan fingerprint density at radius 1 is 1.26 bits per heavy atom. The molecule has 1 aromatic rings. The molecule has 0 aliphatic carbocycles. The van der Waals surface area contributed by atoms with Crippen molar-refractivity contribution in [3.8, 4) is 0 Å². The Hall–Kier alpha value is -1.53. The monoisotopic (exact) mass is 335 g/mol. The number of nitrogens with one attached hydrogen (secondary N) is 2. The predicted molar refractivity (Wildman–Crippen MR) is 95.8 cm³/mol. The van der Waals surface area contributed by atoms with E-state index in [-0.39, 0.29) is 23.6 Å². The fourth-order valence-electron chi connectivity index (χ4n) is 2.56. The third kappa shape index (κ3) is 5.25. The van der Waals surface area contributed by atoms with Crippen molar-refractivity contribution < 1.29 is 9.59 Å². The van der Waals surface area contributed by atoms with Gasteiger partial charge >= 0.3 is 0 Å². The van der Waals surface area contributed by atoms with Crippen LogP contribution in [0.1, 0.15) is 19.4 Å². The van der Waals surface area contributed by atoms with Crippen LogP contribution in [0.5, 0.6) is 0 Å². The number of hydrogen-bond acceptors (Lipinski definition) is 4. The molecule has 1 fully saturated rings. The fraction of sp³-hybridized carbons (Fsp3) is 0.529. The minimum absolute atomic E-state index is 0.0756. The van der Waals surface area contributed by atoms with E-state index in [9.17, 15) is 9.59 Å². The van der Waals surface area contributed by atoms with Crippen molar-refractivity contribution in [2.45, 2.75) is 32.9 Å². The zero-order chi connectivity index (χ0) is 16.8. The molecular formula is C17H25N3O2S. The standard InChI is InChI=1S/C17H25N3O2S/c1-12-4-6-15(7-5-12)19-16(21)10-23-11-17(22)20-9-8-18-13(2)14(20)3/h4-7,13-14,18H,8-11H2,1-3H3,(H,19,21). The predicted octanol–water partition coefficient (Wildman–Crippen LogP) is 1.88. The summed E-state index contributed by atoms with van der Waals surface area (Å²) in [5.74, 6) is 0.668. The van der Waals surface area contributed by atoms with E-state index in [0.717, 1.165) is 24.3 Å². The normalized spacial score (nSPS) is 21.1. The number of piperazine rings is 1. The summed E-state index contributed by atoms with van der Waals surface area (Å²) in [5.41, 5.74) is 1.94. The maximum atomic E-state index is 12.3. The first kappa shape index (κ1) is 17.8. The van der Waals surface area contributed by atoms with Gasteiger partial charge in [0.1, 0.15) is 0 Å². The van der Waals surface area contributed by atoms with Gasteiger partial charge in [0.05, 0.1) is 11.5 Å². The average Bonchev–Trinajstić information content (AvgIpc) is 2.52. The van der Waals surface area contributed by atoms with Gasteiger partial charge in [-0.2, -0.15) is 0 Å². The molecule has 126 valence electrons. The Bertz CT molecular complexity index is 547. The molecule has 2 amide bonds. The summed E-state index contributed by atoms with van der Waals surface area (Å²) in [5, 5.41) is 6.20. The zero-order valence-electron chi connectivity index (χ0n) is 14.0. The van der Waals surface area contributed by atoms with E-state index in [2.05, 4.69) is 24.5 Å². The van der Waals surface area contributed by atoms with Crippen LogP contribution >= 0.6 is 11.8 Å². The highest BCUT2D eigenvalue weighted by Gasteiger charge is 2.27. The molecule has 0 bridgehead atoms.